The van der Waals surface area contributed by atoms with Crippen LogP contribution in [0.4, 0.5) is 0 Å². The molecule has 2 N–H and O–H groups in total. The van der Waals surface area contributed by atoms with Gasteiger partial charge in [-0.3, -0.25) is 19.7 Å². The van der Waals surface area contributed by atoms with E-state index in [0.717, 1.165) is 0 Å². The molecule has 2 rings (SSSR count). The van der Waals surface area contributed by atoms with Crippen LogP contribution in [0.25, 0.3) is 0 Å². The molecule has 1 saturated heterocycles. The second-order valence-corrected chi connectivity index (χ2v) is 7.36. The normalized spacial score (nSPS) is 16.2. The van der Waals surface area contributed by atoms with Crippen molar-refractivity contribution in [2.45, 2.75) is 33.2 Å². The molecule has 1 aliphatic heterocycles. The van der Waals surface area contributed by atoms with Crippen molar-refractivity contribution < 1.29 is 23.9 Å². The number of hydrogen-bond acceptors (Lipinski definition) is 6. The van der Waals surface area contributed by atoms with Gasteiger partial charge in [0.25, 0.3) is 5.91 Å². The summed E-state index contributed by atoms with van der Waals surface area (Å²) in [5.41, 5.74) is 0.346. The Bertz CT molecular complexity index is 768. The maximum Gasteiger partial charge on any atom is 0.308 e. The zero-order valence-corrected chi connectivity index (χ0v) is 17.7. The SMILES string of the molecule is CCOC(=O)C[C@H]1C(=O)NCCN1C(=S)NC(=O)c1ccccc1OCC(C)C. The summed E-state index contributed by atoms with van der Waals surface area (Å²) in [6.07, 6.45) is -0.149. The van der Waals surface area contributed by atoms with Crippen LogP contribution in [0.15, 0.2) is 24.3 Å². The summed E-state index contributed by atoms with van der Waals surface area (Å²) in [7, 11) is 0. The Morgan fingerprint density at radius 3 is 2.76 bits per heavy atom. The highest BCUT2D eigenvalue weighted by atomic mass is 32.1. The Kier molecular flexibility index (Phi) is 8.38. The molecular weight excluding hydrogens is 394 g/mol. The van der Waals surface area contributed by atoms with Crippen LogP contribution >= 0.6 is 12.2 Å². The first-order valence-electron chi connectivity index (χ1n) is 9.60. The van der Waals surface area contributed by atoms with Crippen molar-refractivity contribution in [3.05, 3.63) is 29.8 Å². The number of ether oxygens (including phenoxy) is 2. The van der Waals surface area contributed by atoms with Crippen molar-refractivity contribution in [1.82, 2.24) is 15.5 Å². The van der Waals surface area contributed by atoms with Crippen LogP contribution in [0.3, 0.4) is 0 Å². The number of carbonyl (C=O) groups excluding carboxylic acids is 3. The van der Waals surface area contributed by atoms with Crippen LogP contribution in [0.2, 0.25) is 0 Å². The first-order chi connectivity index (χ1) is 13.8. The largest absolute Gasteiger partial charge is 0.492 e. The summed E-state index contributed by atoms with van der Waals surface area (Å²) < 4.78 is 10.7. The van der Waals surface area contributed by atoms with Crippen LogP contribution in [0.5, 0.6) is 5.75 Å². The van der Waals surface area contributed by atoms with Gasteiger partial charge in [-0.25, -0.2) is 0 Å². The molecule has 8 nitrogen and oxygen atoms in total. The summed E-state index contributed by atoms with van der Waals surface area (Å²) in [6.45, 7) is 7.17. The van der Waals surface area contributed by atoms with Gasteiger partial charge < -0.3 is 19.7 Å². The third-order valence-corrected chi connectivity index (χ3v) is 4.52. The maximum atomic E-state index is 12.8. The number of benzene rings is 1. The van der Waals surface area contributed by atoms with Gasteiger partial charge in [-0.1, -0.05) is 26.0 Å². The zero-order chi connectivity index (χ0) is 21.4. The third-order valence-electron chi connectivity index (χ3n) is 4.18. The smallest absolute Gasteiger partial charge is 0.308 e. The predicted molar refractivity (Wildman–Crippen MR) is 112 cm³/mol. The number of carbonyl (C=O) groups is 3. The Morgan fingerprint density at radius 1 is 1.34 bits per heavy atom. The van der Waals surface area contributed by atoms with E-state index in [2.05, 4.69) is 10.6 Å². The number of hydrogen-bond donors (Lipinski definition) is 2. The lowest BCUT2D eigenvalue weighted by atomic mass is 10.1. The molecule has 0 saturated carbocycles. The van der Waals surface area contributed by atoms with E-state index in [1.165, 1.54) is 0 Å². The molecule has 1 aromatic carbocycles. The van der Waals surface area contributed by atoms with Gasteiger partial charge in [-0.2, -0.15) is 0 Å². The van der Waals surface area contributed by atoms with Gasteiger partial charge in [0, 0.05) is 13.1 Å². The second kappa shape index (κ2) is 10.8. The van der Waals surface area contributed by atoms with Crippen LogP contribution in [0, 0.1) is 5.92 Å². The Morgan fingerprint density at radius 2 is 2.07 bits per heavy atom. The molecular formula is C20H27N3O5S. The van der Waals surface area contributed by atoms with Crippen LogP contribution in [0.1, 0.15) is 37.6 Å². The minimum absolute atomic E-state index is 0.0813. The zero-order valence-electron chi connectivity index (χ0n) is 16.9. The molecule has 0 aromatic heterocycles. The molecule has 9 heteroatoms. The van der Waals surface area contributed by atoms with Crippen LogP contribution in [-0.2, 0) is 14.3 Å². The van der Waals surface area contributed by atoms with Gasteiger partial charge in [0.1, 0.15) is 11.8 Å². The number of para-hydroxylation sites is 1. The molecule has 1 fully saturated rings. The highest BCUT2D eigenvalue weighted by Gasteiger charge is 2.34. The summed E-state index contributed by atoms with van der Waals surface area (Å²) in [4.78, 5) is 38.4. The van der Waals surface area contributed by atoms with Gasteiger partial charge >= 0.3 is 5.97 Å². The predicted octanol–water partition coefficient (Wildman–Crippen LogP) is 1.49. The van der Waals surface area contributed by atoms with Gasteiger partial charge in [0.05, 0.1) is 25.2 Å². The molecule has 0 bridgehead atoms. The van der Waals surface area contributed by atoms with E-state index in [1.54, 1.807) is 36.1 Å². The lowest BCUT2D eigenvalue weighted by molar-refractivity contribution is -0.147. The minimum atomic E-state index is -0.831. The molecule has 0 aliphatic carbocycles. The summed E-state index contributed by atoms with van der Waals surface area (Å²) in [5, 5.41) is 5.44. The number of thiocarbonyl (C=S) groups is 1. The maximum absolute atomic E-state index is 12.8. The molecule has 1 heterocycles. The first kappa shape index (κ1) is 22.6. The van der Waals surface area contributed by atoms with Crippen molar-refractivity contribution in [2.24, 2.45) is 5.92 Å². The average molecular weight is 422 g/mol. The molecule has 0 radical (unpaired) electrons. The molecule has 158 valence electrons. The van der Waals surface area contributed by atoms with E-state index in [1.807, 2.05) is 13.8 Å². The van der Waals surface area contributed by atoms with Crippen molar-refractivity contribution in [1.29, 1.82) is 0 Å². The standard InChI is InChI=1S/C20H27N3O5S/c1-4-27-17(24)11-15-19(26)21-9-10-23(15)20(29)22-18(25)14-7-5-6-8-16(14)28-12-13(2)3/h5-8,13,15H,4,9-12H2,1-3H3,(H,21,26)(H,22,25,29)/t15-/m0/s1. The van der Waals surface area contributed by atoms with Crippen LogP contribution in [-0.4, -0.2) is 60.1 Å². The minimum Gasteiger partial charge on any atom is -0.492 e. The number of nitrogens with zero attached hydrogens (tertiary/aromatic N) is 1. The summed E-state index contributed by atoms with van der Waals surface area (Å²) >= 11 is 5.37. The van der Waals surface area contributed by atoms with E-state index in [0.29, 0.717) is 36.9 Å². The molecule has 2 amide bonds. The quantitative estimate of drug-likeness (QED) is 0.509. The van der Waals surface area contributed by atoms with Gasteiger partial charge in [0.2, 0.25) is 5.91 Å². The lowest BCUT2D eigenvalue weighted by Gasteiger charge is -2.36. The average Bonchev–Trinajstić information content (AvgIpc) is 2.68. The fourth-order valence-corrected chi connectivity index (χ4v) is 3.12. The third kappa shape index (κ3) is 6.42. The molecule has 1 aliphatic rings. The van der Waals surface area contributed by atoms with Gasteiger partial charge in [-0.15, -0.1) is 0 Å². The van der Waals surface area contributed by atoms with Gasteiger partial charge in [0.15, 0.2) is 5.11 Å². The number of rotatable bonds is 7. The number of esters is 1. The van der Waals surface area contributed by atoms with Gasteiger partial charge in [-0.05, 0) is 37.2 Å². The second-order valence-electron chi connectivity index (χ2n) is 6.97. The Labute approximate surface area is 175 Å². The molecule has 1 atom stereocenters. The van der Waals surface area contributed by atoms with E-state index < -0.39 is 17.9 Å². The monoisotopic (exact) mass is 421 g/mol. The van der Waals surface area contributed by atoms with Crippen LogP contribution < -0.4 is 15.4 Å². The van der Waals surface area contributed by atoms with E-state index in [9.17, 15) is 14.4 Å². The Balaban J connectivity index is 2.10. The highest BCUT2D eigenvalue weighted by Crippen LogP contribution is 2.19. The number of nitrogens with one attached hydrogen (secondary N) is 2. The lowest BCUT2D eigenvalue weighted by Crippen LogP contribution is -2.60. The first-order valence-corrected chi connectivity index (χ1v) is 10.0. The van der Waals surface area contributed by atoms with E-state index in [-0.39, 0.29) is 24.0 Å². The van der Waals surface area contributed by atoms with Crippen molar-refractivity contribution in [3.63, 3.8) is 0 Å². The fraction of sp³-hybridized carbons (Fsp3) is 0.500. The molecule has 1 aromatic rings. The van der Waals surface area contributed by atoms with E-state index in [4.69, 9.17) is 21.7 Å². The Hall–Kier alpha value is -2.68. The number of piperazine rings is 1. The topological polar surface area (TPSA) is 97.0 Å². The molecule has 0 unspecified atom stereocenters. The summed E-state index contributed by atoms with van der Waals surface area (Å²) in [6, 6.07) is 6.06. The molecule has 29 heavy (non-hydrogen) atoms. The summed E-state index contributed by atoms with van der Waals surface area (Å²) in [5.74, 6) is -0.499. The molecule has 0 spiro atoms. The highest BCUT2D eigenvalue weighted by molar-refractivity contribution is 7.80. The van der Waals surface area contributed by atoms with E-state index >= 15 is 0 Å². The fourth-order valence-electron chi connectivity index (χ4n) is 2.81. The van der Waals surface area contributed by atoms with Crippen molar-refractivity contribution in [2.75, 3.05) is 26.3 Å². The van der Waals surface area contributed by atoms with Crippen molar-refractivity contribution >= 4 is 35.1 Å². The van der Waals surface area contributed by atoms with Crippen molar-refractivity contribution in [3.8, 4) is 5.75 Å². The number of amides is 2.